The first-order chi connectivity index (χ1) is 12.6. The minimum atomic E-state index is -0.372. The van der Waals surface area contributed by atoms with Gasteiger partial charge in [0, 0.05) is 18.3 Å². The second kappa shape index (κ2) is 10.2. The van der Waals surface area contributed by atoms with Crippen molar-refractivity contribution in [2.45, 2.75) is 26.5 Å². The van der Waals surface area contributed by atoms with Gasteiger partial charge in [0.15, 0.2) is 17.5 Å². The molecule has 0 fully saturated rings. The smallest absolute Gasteiger partial charge is 0.218 e. The third-order valence-electron chi connectivity index (χ3n) is 3.52. The van der Waals surface area contributed by atoms with Crippen molar-refractivity contribution in [3.8, 4) is 11.6 Å². The van der Waals surface area contributed by atoms with Crippen molar-refractivity contribution in [1.82, 2.24) is 15.6 Å². The fourth-order valence-corrected chi connectivity index (χ4v) is 2.27. The monoisotopic (exact) mass is 360 g/mol. The molecule has 0 aliphatic rings. The average Bonchev–Trinajstić information content (AvgIpc) is 2.66. The van der Waals surface area contributed by atoms with E-state index in [9.17, 15) is 4.39 Å². The van der Waals surface area contributed by atoms with Gasteiger partial charge in [-0.25, -0.2) is 14.4 Å². The number of methoxy groups -OCH3 is 1. The van der Waals surface area contributed by atoms with Gasteiger partial charge in [-0.15, -0.1) is 0 Å². The lowest BCUT2D eigenvalue weighted by molar-refractivity contribution is 0.214. The molecule has 0 saturated heterocycles. The molecule has 140 valence electrons. The Morgan fingerprint density at radius 3 is 2.77 bits per heavy atom. The molecule has 2 N–H and O–H groups in total. The van der Waals surface area contributed by atoms with Crippen LogP contribution in [0, 0.1) is 5.82 Å². The highest BCUT2D eigenvalue weighted by Crippen LogP contribution is 2.17. The lowest BCUT2D eigenvalue weighted by Gasteiger charge is -2.18. The van der Waals surface area contributed by atoms with Crippen LogP contribution in [0.25, 0.3) is 0 Å². The number of para-hydroxylation sites is 1. The zero-order valence-electron chi connectivity index (χ0n) is 15.3. The van der Waals surface area contributed by atoms with Gasteiger partial charge in [-0.3, -0.25) is 0 Å². The first kappa shape index (κ1) is 19.5. The molecule has 1 atom stereocenters. The summed E-state index contributed by atoms with van der Waals surface area (Å²) in [7, 11) is 1.58. The van der Waals surface area contributed by atoms with E-state index in [0.717, 1.165) is 12.1 Å². The van der Waals surface area contributed by atoms with Crippen LogP contribution in [0.2, 0.25) is 0 Å². The first-order valence-corrected chi connectivity index (χ1v) is 8.55. The number of pyridine rings is 1. The predicted octanol–water partition coefficient (Wildman–Crippen LogP) is 2.75. The second-order valence-electron chi connectivity index (χ2n) is 5.61. The third-order valence-corrected chi connectivity index (χ3v) is 3.52. The Labute approximate surface area is 153 Å². The minimum absolute atomic E-state index is 0.233. The molecule has 1 unspecified atom stereocenters. The predicted molar refractivity (Wildman–Crippen MR) is 100 cm³/mol. The molecule has 1 aromatic heterocycles. The Bertz CT molecular complexity index is 724. The van der Waals surface area contributed by atoms with E-state index < -0.39 is 0 Å². The summed E-state index contributed by atoms with van der Waals surface area (Å²) in [5, 5.41) is 6.37. The molecule has 7 heteroatoms. The lowest BCUT2D eigenvalue weighted by Crippen LogP contribution is -2.41. The molecule has 26 heavy (non-hydrogen) atoms. The van der Waals surface area contributed by atoms with Crippen LogP contribution in [-0.2, 0) is 6.54 Å². The van der Waals surface area contributed by atoms with Crippen molar-refractivity contribution in [2.24, 2.45) is 4.99 Å². The Morgan fingerprint density at radius 2 is 2.04 bits per heavy atom. The molecule has 0 spiro atoms. The largest absolute Gasteiger partial charge is 0.486 e. The molecule has 0 aliphatic carbocycles. The Kier molecular flexibility index (Phi) is 7.67. The summed E-state index contributed by atoms with van der Waals surface area (Å²) in [5.41, 5.74) is 0.892. The summed E-state index contributed by atoms with van der Waals surface area (Å²) in [6.45, 7) is 5.48. The lowest BCUT2D eigenvalue weighted by atomic mass is 10.3. The van der Waals surface area contributed by atoms with Crippen molar-refractivity contribution >= 4 is 5.96 Å². The van der Waals surface area contributed by atoms with E-state index >= 15 is 0 Å². The summed E-state index contributed by atoms with van der Waals surface area (Å²) < 4.78 is 24.5. The van der Waals surface area contributed by atoms with Crippen molar-refractivity contribution in [3.63, 3.8) is 0 Å². The fraction of sp³-hybridized carbons (Fsp3) is 0.368. The van der Waals surface area contributed by atoms with Gasteiger partial charge in [0.1, 0.15) is 6.10 Å². The highest BCUT2D eigenvalue weighted by atomic mass is 19.1. The Balaban J connectivity index is 1.93. The maximum absolute atomic E-state index is 13.7. The molecule has 0 aliphatic heterocycles. The van der Waals surface area contributed by atoms with Gasteiger partial charge in [-0.05, 0) is 32.0 Å². The number of guanidine groups is 1. The van der Waals surface area contributed by atoms with Crippen molar-refractivity contribution in [1.29, 1.82) is 0 Å². The van der Waals surface area contributed by atoms with Crippen molar-refractivity contribution < 1.29 is 13.9 Å². The van der Waals surface area contributed by atoms with Crippen LogP contribution in [0.15, 0.2) is 47.6 Å². The van der Waals surface area contributed by atoms with Gasteiger partial charge in [0.2, 0.25) is 5.88 Å². The average molecular weight is 360 g/mol. The van der Waals surface area contributed by atoms with Crippen LogP contribution in [0.5, 0.6) is 11.6 Å². The van der Waals surface area contributed by atoms with Gasteiger partial charge in [-0.2, -0.15) is 0 Å². The molecule has 0 saturated carbocycles. The maximum Gasteiger partial charge on any atom is 0.218 e. The Morgan fingerprint density at radius 1 is 1.23 bits per heavy atom. The van der Waals surface area contributed by atoms with E-state index in [4.69, 9.17) is 9.47 Å². The number of aromatic nitrogens is 1. The topological polar surface area (TPSA) is 67.8 Å². The Hall–Kier alpha value is -2.83. The van der Waals surface area contributed by atoms with Crippen LogP contribution < -0.4 is 20.1 Å². The van der Waals surface area contributed by atoms with Gasteiger partial charge < -0.3 is 20.1 Å². The van der Waals surface area contributed by atoms with Gasteiger partial charge in [0.05, 0.1) is 20.2 Å². The maximum atomic E-state index is 13.7. The van der Waals surface area contributed by atoms with Gasteiger partial charge in [-0.1, -0.05) is 18.2 Å². The molecule has 2 rings (SSSR count). The number of hydrogen-bond acceptors (Lipinski definition) is 4. The number of halogens is 1. The number of benzene rings is 1. The molecular formula is C19H25FN4O2. The summed E-state index contributed by atoms with van der Waals surface area (Å²) in [5.74, 6) is 1.07. The van der Waals surface area contributed by atoms with Crippen LogP contribution >= 0.6 is 0 Å². The van der Waals surface area contributed by atoms with E-state index in [1.54, 1.807) is 31.5 Å². The molecule has 0 bridgehead atoms. The van der Waals surface area contributed by atoms with Crippen molar-refractivity contribution in [3.05, 3.63) is 54.0 Å². The van der Waals surface area contributed by atoms with Crippen LogP contribution in [0.3, 0.4) is 0 Å². The van der Waals surface area contributed by atoms with E-state index in [1.807, 2.05) is 26.0 Å². The number of nitrogens with zero attached hydrogens (tertiary/aromatic N) is 2. The highest BCUT2D eigenvalue weighted by molar-refractivity contribution is 5.79. The third kappa shape index (κ3) is 5.91. The second-order valence-corrected chi connectivity index (χ2v) is 5.61. The summed E-state index contributed by atoms with van der Waals surface area (Å²) >= 11 is 0. The summed E-state index contributed by atoms with van der Waals surface area (Å²) in [6.07, 6.45) is 1.45. The molecule has 1 aromatic carbocycles. The zero-order valence-corrected chi connectivity index (χ0v) is 15.3. The molecule has 0 amide bonds. The number of nitrogens with one attached hydrogen (secondary N) is 2. The van der Waals surface area contributed by atoms with Crippen LogP contribution in [0.1, 0.15) is 19.4 Å². The van der Waals surface area contributed by atoms with Gasteiger partial charge >= 0.3 is 0 Å². The molecule has 1 heterocycles. The number of ether oxygens (including phenoxy) is 2. The fourth-order valence-electron chi connectivity index (χ4n) is 2.27. The summed E-state index contributed by atoms with van der Waals surface area (Å²) in [4.78, 5) is 8.70. The standard InChI is InChI=1S/C19H25FN4O2/c1-4-21-19(24-13-15-8-7-11-22-18(15)25-3)23-12-14(2)26-17-10-6-5-9-16(17)20/h5-11,14H,4,12-13H2,1-3H3,(H2,21,23,24). The molecular weight excluding hydrogens is 335 g/mol. The zero-order chi connectivity index (χ0) is 18.8. The normalized spacial score (nSPS) is 12.4. The van der Waals surface area contributed by atoms with E-state index in [0.29, 0.717) is 24.9 Å². The highest BCUT2D eigenvalue weighted by Gasteiger charge is 2.09. The van der Waals surface area contributed by atoms with Crippen LogP contribution in [0.4, 0.5) is 4.39 Å². The number of aliphatic imine (C=N–C) groups is 1. The summed E-state index contributed by atoms with van der Waals surface area (Å²) in [6, 6.07) is 10.1. The van der Waals surface area contributed by atoms with Gasteiger partial charge in [0.25, 0.3) is 0 Å². The number of hydrogen-bond donors (Lipinski definition) is 2. The minimum Gasteiger partial charge on any atom is -0.486 e. The van der Waals surface area contributed by atoms with E-state index in [1.165, 1.54) is 6.07 Å². The van der Waals surface area contributed by atoms with E-state index in [2.05, 4.69) is 20.6 Å². The quantitative estimate of drug-likeness (QED) is 0.560. The molecule has 6 nitrogen and oxygen atoms in total. The SMILES string of the molecule is CCNC(=NCc1cccnc1OC)NCC(C)Oc1ccccc1F. The van der Waals surface area contributed by atoms with E-state index in [-0.39, 0.29) is 17.7 Å². The molecule has 2 aromatic rings. The molecule has 0 radical (unpaired) electrons. The van der Waals surface area contributed by atoms with Crippen molar-refractivity contribution in [2.75, 3.05) is 20.2 Å². The van der Waals surface area contributed by atoms with Crippen LogP contribution in [-0.4, -0.2) is 37.2 Å². The number of rotatable bonds is 8. The first-order valence-electron chi connectivity index (χ1n) is 8.55.